The highest BCUT2D eigenvalue weighted by Gasteiger charge is 2.76. The van der Waals surface area contributed by atoms with Gasteiger partial charge < -0.3 is 43.9 Å². The van der Waals surface area contributed by atoms with Crippen LogP contribution in [-0.4, -0.2) is 153 Å². The van der Waals surface area contributed by atoms with Crippen molar-refractivity contribution in [1.29, 1.82) is 0 Å². The van der Waals surface area contributed by atoms with E-state index in [9.17, 15) is 10.2 Å². The second-order valence-corrected chi connectivity index (χ2v) is 34.6. The van der Waals surface area contributed by atoms with Gasteiger partial charge in [-0.05, 0) is 143 Å². The van der Waals surface area contributed by atoms with Crippen molar-refractivity contribution in [1.82, 2.24) is 30.1 Å². The van der Waals surface area contributed by atoms with E-state index in [1.807, 2.05) is 32.2 Å². The molecule has 8 atom stereocenters. The van der Waals surface area contributed by atoms with E-state index < -0.39 is 56.1 Å². The minimum absolute atomic E-state index is 0.112. The number of aromatic amines is 1. The summed E-state index contributed by atoms with van der Waals surface area (Å²) >= 11 is 1.58. The maximum Gasteiger partial charge on any atom is 0.322 e. The van der Waals surface area contributed by atoms with Crippen LogP contribution in [0.2, 0.25) is 32.2 Å². The van der Waals surface area contributed by atoms with Crippen LogP contribution in [0.4, 0.5) is 5.69 Å². The van der Waals surface area contributed by atoms with E-state index in [0.29, 0.717) is 75.5 Å². The number of nitrogens with one attached hydrogen (secondary N) is 2. The fourth-order valence-corrected chi connectivity index (χ4v) is 25.6. The Labute approximate surface area is 461 Å². The number of hydrogen-bond donors (Lipinski definition) is 4. The monoisotopic (exact) mass is 1110 g/mol. The Balaban J connectivity index is 1.10. The number of carbonyl (C=O) groups excluding carboxylic acids is 2. The van der Waals surface area contributed by atoms with Crippen molar-refractivity contribution >= 4 is 56.9 Å². The van der Waals surface area contributed by atoms with Gasteiger partial charge in [0.1, 0.15) is 11.2 Å². The van der Waals surface area contributed by atoms with Crippen LogP contribution in [0.1, 0.15) is 93.7 Å². The molecule has 4 aromatic rings. The quantitative estimate of drug-likeness (QED) is 0.00897. The Morgan fingerprint density at radius 1 is 1.03 bits per heavy atom. The van der Waals surface area contributed by atoms with Crippen molar-refractivity contribution in [3.63, 3.8) is 0 Å². The van der Waals surface area contributed by atoms with Crippen LogP contribution < -0.4 is 15.0 Å². The van der Waals surface area contributed by atoms with E-state index in [2.05, 4.69) is 122 Å². The second kappa shape index (κ2) is 21.7. The second-order valence-electron chi connectivity index (χ2n) is 24.4. The normalized spacial score (nSPS) is 29.4. The summed E-state index contributed by atoms with van der Waals surface area (Å²) in [5.74, 6) is -0.410. The molecule has 6 heterocycles. The van der Waals surface area contributed by atoms with Crippen molar-refractivity contribution in [3.05, 3.63) is 99.3 Å². The number of aromatic nitrogens is 3. The number of aliphatic hydroxyl groups is 2. The van der Waals surface area contributed by atoms with Crippen LogP contribution in [0.3, 0.4) is 0 Å². The Kier molecular flexibility index (Phi) is 16.1. The van der Waals surface area contributed by atoms with Crippen LogP contribution in [-0.2, 0) is 42.2 Å². The summed E-state index contributed by atoms with van der Waals surface area (Å²) in [5.41, 5.74) is 8.94. The number of methoxy groups -OCH3 is 2. The summed E-state index contributed by atoms with van der Waals surface area (Å²) in [6.07, 6.45) is 12.1. The number of para-hydroxylation sites is 1. The third-order valence-corrected chi connectivity index (χ3v) is 27.9. The van der Waals surface area contributed by atoms with E-state index in [1.165, 1.54) is 7.11 Å². The zero-order valence-corrected chi connectivity index (χ0v) is 50.1. The number of hydrogen-bond acceptors (Lipinski definition) is 14. The predicted molar refractivity (Wildman–Crippen MR) is 308 cm³/mol. The minimum Gasteiger partial charge on any atom is -0.497 e. The Morgan fingerprint density at radius 3 is 2.48 bits per heavy atom. The highest BCUT2D eigenvalue weighted by atomic mass is 32.2. The van der Waals surface area contributed by atoms with Gasteiger partial charge in [-0.3, -0.25) is 14.5 Å². The van der Waals surface area contributed by atoms with Gasteiger partial charge >= 0.3 is 5.97 Å². The van der Waals surface area contributed by atoms with E-state index in [-0.39, 0.29) is 30.8 Å². The number of thioether (sulfide) groups is 1. The number of rotatable bonds is 17. The number of benzene rings is 2. The molecule has 9 rings (SSSR count). The maximum absolute atomic E-state index is 15.9. The van der Waals surface area contributed by atoms with Crippen LogP contribution in [0.5, 0.6) is 5.75 Å². The van der Waals surface area contributed by atoms with Crippen LogP contribution in [0.25, 0.3) is 21.3 Å². The van der Waals surface area contributed by atoms with Gasteiger partial charge in [0.05, 0.1) is 32.4 Å². The fraction of sp³-hybridized carbons (Fsp3) is 0.614. The van der Waals surface area contributed by atoms with Gasteiger partial charge in [-0.1, -0.05) is 68.0 Å². The first-order valence-corrected chi connectivity index (χ1v) is 34.9. The molecular weight excluding hydrogens is 1020 g/mol. The predicted octanol–water partition coefficient (Wildman–Crippen LogP) is 8.78. The smallest absolute Gasteiger partial charge is 0.322 e. The standard InChI is InChI=1S/C57H82N10O7SSi2/c1-12-53-21-16-24-67-26-22-55(48(53)67)46-43(56(51(69)73-7)31-38(3)30-54(70,13-2)36-65(4)25-20-42-41-18-14-15-19-44(41)63-47(42)56)28-40(72-6)29-45(46)66(5)49(55)57(71,35-53)50(68)59-23-17-27-76(8,9)74-77(10,11)37-75-52-60-32-39(33-61-52)34-62-64-58/h14-16,18-19,21,28-29,32-33,38,48-49,63,70-71H,12-13,17,20,22-27,30-31,34-37H2,1-11H3,(H,59,68)/t38-,48-,49+,53-,54-,55+,56-,57+/m0/s1. The molecule has 1 spiro atoms. The fourth-order valence-electron chi connectivity index (χ4n) is 15.3. The molecule has 2 aromatic carbocycles. The molecule has 5 aliphatic rings. The number of anilines is 1. The number of nitrogens with zero attached hydrogens (tertiary/aromatic N) is 8. The molecule has 1 saturated carbocycles. The third kappa shape index (κ3) is 10.2. The highest BCUT2D eigenvalue weighted by molar-refractivity contribution is 8.00. The first-order valence-electron chi connectivity index (χ1n) is 27.7. The lowest BCUT2D eigenvalue weighted by Gasteiger charge is -2.61. The largest absolute Gasteiger partial charge is 0.497 e. The van der Waals surface area contributed by atoms with Crippen LogP contribution >= 0.6 is 11.8 Å². The summed E-state index contributed by atoms with van der Waals surface area (Å²) in [4.78, 5) is 54.0. The molecule has 2 aromatic heterocycles. The van der Waals surface area contributed by atoms with Crippen molar-refractivity contribution in [3.8, 4) is 5.75 Å². The number of amides is 1. The molecule has 1 aliphatic carbocycles. The zero-order valence-electron chi connectivity index (χ0n) is 47.2. The van der Waals surface area contributed by atoms with Gasteiger partial charge in [0.25, 0.3) is 5.91 Å². The molecule has 77 heavy (non-hydrogen) atoms. The molecule has 20 heteroatoms. The van der Waals surface area contributed by atoms with Crippen LogP contribution in [0.15, 0.2) is 71.2 Å². The van der Waals surface area contributed by atoms with Gasteiger partial charge in [-0.15, -0.1) is 0 Å². The number of carbonyl (C=O) groups is 2. The molecule has 1 saturated heterocycles. The number of ether oxygens (including phenoxy) is 2. The van der Waals surface area contributed by atoms with Crippen molar-refractivity contribution in [2.75, 3.05) is 71.3 Å². The van der Waals surface area contributed by atoms with Gasteiger partial charge in [-0.25, -0.2) is 9.97 Å². The lowest BCUT2D eigenvalue weighted by molar-refractivity contribution is -0.160. The van der Waals surface area contributed by atoms with E-state index in [1.54, 1.807) is 31.3 Å². The average molecular weight is 1110 g/mol. The van der Waals surface area contributed by atoms with Crippen molar-refractivity contribution in [2.24, 2.45) is 16.4 Å². The Bertz CT molecular complexity index is 2940. The summed E-state index contributed by atoms with van der Waals surface area (Å²) in [6.45, 7) is 18.5. The SMILES string of the molecule is CC[C@]1(O)C[C@H](C)C[C@](C(=O)OC)(c2cc(OC)cc3c2[C@@]24CCN5CC=C[C@@](CC)(C[C@](O)(C(=O)NCCC[Si](C)(C)O[Si](C)(C)CSc6ncc(CN=[N+]=[N-])cn6)[C@@H]2N3C)[C@H]54)c2[nH]c3ccccc3c2CCN(C)C1. The molecule has 1 amide bonds. The van der Waals surface area contributed by atoms with Gasteiger partial charge in [0, 0.05) is 101 Å². The summed E-state index contributed by atoms with van der Waals surface area (Å²) in [6, 6.07) is 12.4. The van der Waals surface area contributed by atoms with Crippen molar-refractivity contribution in [2.45, 2.75) is 150 Å². The third-order valence-electron chi connectivity index (χ3n) is 18.1. The number of esters is 1. The van der Waals surface area contributed by atoms with Gasteiger partial charge in [0.2, 0.25) is 0 Å². The number of fused-ring (bicyclic) bond motifs is 4. The lowest BCUT2D eigenvalue weighted by Crippen LogP contribution is -2.75. The Morgan fingerprint density at radius 2 is 1.78 bits per heavy atom. The molecule has 4 N–H and O–H groups in total. The van der Waals surface area contributed by atoms with Gasteiger partial charge in [-0.2, -0.15) is 0 Å². The molecule has 0 bridgehead atoms. The molecule has 17 nitrogen and oxygen atoms in total. The Hall–Kier alpha value is -4.77. The first-order chi connectivity index (χ1) is 36.6. The minimum atomic E-state index is -2.23. The number of H-pyrrole nitrogens is 1. The van der Waals surface area contributed by atoms with Gasteiger partial charge in [0.15, 0.2) is 27.4 Å². The maximum atomic E-state index is 15.9. The van der Waals surface area contributed by atoms with Crippen LogP contribution in [0, 0.1) is 11.3 Å². The summed E-state index contributed by atoms with van der Waals surface area (Å²) < 4.78 is 19.4. The van der Waals surface area contributed by atoms with Crippen molar-refractivity contribution < 1.29 is 33.4 Å². The molecular formula is C57H82N10O7SSi2. The zero-order chi connectivity index (χ0) is 55.3. The van der Waals surface area contributed by atoms with E-state index in [4.69, 9.17) is 19.1 Å². The summed E-state index contributed by atoms with van der Waals surface area (Å²) in [5, 5.41) is 35.7. The molecule has 2 fully saturated rings. The molecule has 0 unspecified atom stereocenters. The molecule has 0 radical (unpaired) electrons. The molecule has 416 valence electrons. The van der Waals surface area contributed by atoms with E-state index in [0.717, 1.165) is 69.0 Å². The first kappa shape index (κ1) is 56.9. The lowest BCUT2D eigenvalue weighted by atomic mass is 9.48. The highest BCUT2D eigenvalue weighted by Crippen LogP contribution is 2.69. The molecule has 4 aliphatic heterocycles. The number of azide groups is 1. The number of β-amino-alcohol motifs (C(OH)–C–C–N with tert-alkyl or cyclic N) is 1. The topological polar surface area (TPSA) is 214 Å². The summed E-state index contributed by atoms with van der Waals surface area (Å²) in [7, 11) is 2.81. The average Bonchev–Trinajstić information content (AvgIpc) is 3.55. The number of likely N-dealkylation sites (N-methyl/N-ethyl adjacent to an activating group) is 2. The van der Waals surface area contributed by atoms with E-state index >= 15 is 9.59 Å².